The van der Waals surface area contributed by atoms with Gasteiger partial charge in [0.05, 0.1) is 0 Å². The molecule has 0 bridgehead atoms. The molecule has 0 saturated heterocycles. The first-order valence-corrected chi connectivity index (χ1v) is 4.40. The average molecular weight is 180 g/mol. The molecule has 0 radical (unpaired) electrons. The fraction of sp³-hybridized carbons (Fsp3) is 0.444. The van der Waals surface area contributed by atoms with Crippen molar-refractivity contribution < 1.29 is 9.90 Å². The van der Waals surface area contributed by atoms with Crippen LogP contribution in [0.3, 0.4) is 0 Å². The van der Waals surface area contributed by atoms with Crippen molar-refractivity contribution in [2.45, 2.75) is 25.4 Å². The van der Waals surface area contributed by atoms with E-state index in [1.165, 1.54) is 12.8 Å². The van der Waals surface area contributed by atoms with E-state index in [4.69, 9.17) is 5.11 Å². The zero-order chi connectivity index (χ0) is 9.26. The predicted octanol–water partition coefficient (Wildman–Crippen LogP) is 0.965. The van der Waals surface area contributed by atoms with Gasteiger partial charge in [0.25, 0.3) is 0 Å². The largest absolute Gasteiger partial charge is 0.477 e. The third-order valence-corrected chi connectivity index (χ3v) is 2.14. The molecule has 4 heteroatoms. The number of carboxylic acid groups (broad SMARTS) is 1. The summed E-state index contributed by atoms with van der Waals surface area (Å²) in [6.07, 6.45) is 2.49. The molecule has 0 amide bonds. The maximum atomic E-state index is 10.5. The molecule has 0 unspecified atom stereocenters. The molecule has 1 fully saturated rings. The Kier molecular flexibility index (Phi) is 2.06. The maximum Gasteiger partial charge on any atom is 0.352 e. The van der Waals surface area contributed by atoms with E-state index in [1.807, 2.05) is 0 Å². The van der Waals surface area contributed by atoms with Crippen LogP contribution in [-0.2, 0) is 6.54 Å². The van der Waals surface area contributed by atoms with Gasteiger partial charge in [0.1, 0.15) is 5.69 Å². The molecule has 1 aliphatic carbocycles. The van der Waals surface area contributed by atoms with Gasteiger partial charge < -0.3 is 15.4 Å². The van der Waals surface area contributed by atoms with Crippen LogP contribution in [0.2, 0.25) is 0 Å². The van der Waals surface area contributed by atoms with Crippen molar-refractivity contribution in [1.82, 2.24) is 10.3 Å². The van der Waals surface area contributed by atoms with Crippen LogP contribution < -0.4 is 5.32 Å². The number of rotatable bonds is 4. The highest BCUT2D eigenvalue weighted by atomic mass is 16.4. The van der Waals surface area contributed by atoms with E-state index in [1.54, 1.807) is 12.1 Å². The molecule has 1 aromatic rings. The lowest BCUT2D eigenvalue weighted by Gasteiger charge is -1.98. The SMILES string of the molecule is O=C(O)c1ccc(CNC2CC2)[nH]1. The van der Waals surface area contributed by atoms with Crippen molar-refractivity contribution in [3.8, 4) is 0 Å². The van der Waals surface area contributed by atoms with E-state index >= 15 is 0 Å². The van der Waals surface area contributed by atoms with Crippen LogP contribution in [0.25, 0.3) is 0 Å². The van der Waals surface area contributed by atoms with Gasteiger partial charge in [0, 0.05) is 18.3 Å². The average Bonchev–Trinajstić information content (AvgIpc) is 2.79. The van der Waals surface area contributed by atoms with Crippen LogP contribution in [0.1, 0.15) is 29.0 Å². The van der Waals surface area contributed by atoms with Crippen LogP contribution in [0.15, 0.2) is 12.1 Å². The first-order chi connectivity index (χ1) is 6.25. The van der Waals surface area contributed by atoms with Gasteiger partial charge in [0.2, 0.25) is 0 Å². The molecule has 1 heterocycles. The minimum atomic E-state index is -0.905. The molecule has 0 atom stereocenters. The van der Waals surface area contributed by atoms with Crippen molar-refractivity contribution >= 4 is 5.97 Å². The van der Waals surface area contributed by atoms with Crippen LogP contribution in [0.5, 0.6) is 0 Å². The minimum Gasteiger partial charge on any atom is -0.477 e. The lowest BCUT2D eigenvalue weighted by atomic mass is 10.4. The Morgan fingerprint density at radius 2 is 2.38 bits per heavy atom. The summed E-state index contributed by atoms with van der Waals surface area (Å²) >= 11 is 0. The molecule has 70 valence electrons. The van der Waals surface area contributed by atoms with Gasteiger partial charge in [0.15, 0.2) is 0 Å². The Bertz CT molecular complexity index is 315. The van der Waals surface area contributed by atoms with E-state index in [0.29, 0.717) is 6.04 Å². The minimum absolute atomic E-state index is 0.257. The summed E-state index contributed by atoms with van der Waals surface area (Å²) in [4.78, 5) is 13.3. The Labute approximate surface area is 76.0 Å². The van der Waals surface area contributed by atoms with Gasteiger partial charge in [-0.15, -0.1) is 0 Å². The maximum absolute atomic E-state index is 10.5. The van der Waals surface area contributed by atoms with Gasteiger partial charge >= 0.3 is 5.97 Å². The molecule has 0 aliphatic heterocycles. The summed E-state index contributed by atoms with van der Waals surface area (Å²) in [5.41, 5.74) is 1.19. The lowest BCUT2D eigenvalue weighted by molar-refractivity contribution is 0.0691. The van der Waals surface area contributed by atoms with Gasteiger partial charge in [-0.25, -0.2) is 4.79 Å². The normalized spacial score (nSPS) is 16.0. The van der Waals surface area contributed by atoms with E-state index < -0.39 is 5.97 Å². The number of nitrogens with one attached hydrogen (secondary N) is 2. The standard InChI is InChI=1S/C9H12N2O2/c12-9(13)8-4-3-7(11-8)5-10-6-1-2-6/h3-4,6,10-11H,1-2,5H2,(H,12,13). The molecule has 4 nitrogen and oxygen atoms in total. The number of H-pyrrole nitrogens is 1. The number of aromatic amines is 1. The van der Waals surface area contributed by atoms with E-state index in [9.17, 15) is 4.79 Å². The number of aromatic nitrogens is 1. The molecule has 13 heavy (non-hydrogen) atoms. The molecular weight excluding hydrogens is 168 g/mol. The highest BCUT2D eigenvalue weighted by Crippen LogP contribution is 2.19. The second kappa shape index (κ2) is 3.22. The monoisotopic (exact) mass is 180 g/mol. The molecule has 0 spiro atoms. The summed E-state index contributed by atoms with van der Waals surface area (Å²) < 4.78 is 0. The smallest absolute Gasteiger partial charge is 0.352 e. The van der Waals surface area contributed by atoms with Crippen LogP contribution in [0.4, 0.5) is 0 Å². The third-order valence-electron chi connectivity index (χ3n) is 2.14. The number of hydrogen-bond acceptors (Lipinski definition) is 2. The first-order valence-electron chi connectivity index (χ1n) is 4.40. The summed E-state index contributed by atoms with van der Waals surface area (Å²) in [5.74, 6) is -0.905. The summed E-state index contributed by atoms with van der Waals surface area (Å²) in [7, 11) is 0. The molecular formula is C9H12N2O2. The van der Waals surface area contributed by atoms with Crippen molar-refractivity contribution in [3.05, 3.63) is 23.5 Å². The molecule has 1 aliphatic rings. The molecule has 0 aromatic carbocycles. The van der Waals surface area contributed by atoms with Gasteiger partial charge in [-0.1, -0.05) is 0 Å². The first kappa shape index (κ1) is 8.31. The lowest BCUT2D eigenvalue weighted by Crippen LogP contribution is -2.15. The quantitative estimate of drug-likeness (QED) is 0.646. The fourth-order valence-corrected chi connectivity index (χ4v) is 1.21. The van der Waals surface area contributed by atoms with Crippen molar-refractivity contribution in [2.75, 3.05) is 0 Å². The number of carboxylic acids is 1. The van der Waals surface area contributed by atoms with Crippen LogP contribution >= 0.6 is 0 Å². The highest BCUT2D eigenvalue weighted by molar-refractivity contribution is 5.85. The fourth-order valence-electron chi connectivity index (χ4n) is 1.21. The summed E-state index contributed by atoms with van der Waals surface area (Å²) in [6.45, 7) is 0.734. The third kappa shape index (κ3) is 2.09. The molecule has 1 aromatic heterocycles. The van der Waals surface area contributed by atoms with Gasteiger partial charge in [-0.05, 0) is 25.0 Å². The number of carbonyl (C=O) groups is 1. The topological polar surface area (TPSA) is 65.1 Å². The Morgan fingerprint density at radius 3 is 2.92 bits per heavy atom. The Hall–Kier alpha value is -1.29. The summed E-state index contributed by atoms with van der Waals surface area (Å²) in [5, 5.41) is 11.9. The van der Waals surface area contributed by atoms with Gasteiger partial charge in [-0.3, -0.25) is 0 Å². The molecule has 1 saturated carbocycles. The van der Waals surface area contributed by atoms with Crippen molar-refractivity contribution in [3.63, 3.8) is 0 Å². The zero-order valence-electron chi connectivity index (χ0n) is 7.21. The van der Waals surface area contributed by atoms with E-state index in [0.717, 1.165) is 12.2 Å². The van der Waals surface area contributed by atoms with E-state index in [2.05, 4.69) is 10.3 Å². The second-order valence-corrected chi connectivity index (χ2v) is 3.36. The predicted molar refractivity (Wildman–Crippen MR) is 47.6 cm³/mol. The second-order valence-electron chi connectivity index (χ2n) is 3.36. The Balaban J connectivity index is 1.92. The van der Waals surface area contributed by atoms with Gasteiger partial charge in [-0.2, -0.15) is 0 Å². The zero-order valence-corrected chi connectivity index (χ0v) is 7.21. The molecule has 2 rings (SSSR count). The molecule has 3 N–H and O–H groups in total. The number of hydrogen-bond donors (Lipinski definition) is 3. The van der Waals surface area contributed by atoms with Crippen molar-refractivity contribution in [2.24, 2.45) is 0 Å². The van der Waals surface area contributed by atoms with Crippen LogP contribution in [0, 0.1) is 0 Å². The van der Waals surface area contributed by atoms with Crippen molar-refractivity contribution in [1.29, 1.82) is 0 Å². The van der Waals surface area contributed by atoms with E-state index in [-0.39, 0.29) is 5.69 Å². The summed E-state index contributed by atoms with van der Waals surface area (Å²) in [6, 6.07) is 4.04. The highest BCUT2D eigenvalue weighted by Gasteiger charge is 2.20. The number of aromatic carboxylic acids is 1. The van der Waals surface area contributed by atoms with Crippen LogP contribution in [-0.4, -0.2) is 22.1 Å². The Morgan fingerprint density at radius 1 is 1.62 bits per heavy atom.